The van der Waals surface area contributed by atoms with Crippen LogP contribution >= 0.6 is 11.3 Å². The molecule has 0 aliphatic rings. The number of anilines is 1. The average Bonchev–Trinajstić information content (AvgIpc) is 3.22. The summed E-state index contributed by atoms with van der Waals surface area (Å²) in [6.07, 6.45) is 3.75. The molecule has 0 saturated carbocycles. The number of nitrogens with two attached hydrogens (primary N) is 1. The number of aryl methyl sites for hydroxylation is 2. The van der Waals surface area contributed by atoms with Crippen LogP contribution in [0.5, 0.6) is 0 Å². The fraction of sp³-hybridized carbons (Fsp3) is 0.353. The summed E-state index contributed by atoms with van der Waals surface area (Å²) in [4.78, 5) is 17.0. The van der Waals surface area contributed by atoms with E-state index in [0.29, 0.717) is 17.0 Å². The van der Waals surface area contributed by atoms with E-state index in [0.717, 1.165) is 27.8 Å². The second-order valence-corrected chi connectivity index (χ2v) is 9.79. The first kappa shape index (κ1) is 20.4. The number of nitrogens with one attached hydrogen (secondary N) is 1. The smallest absolute Gasteiger partial charge is 0.355 e. The van der Waals surface area contributed by atoms with Gasteiger partial charge in [0.25, 0.3) is 0 Å². The van der Waals surface area contributed by atoms with Crippen molar-refractivity contribution in [1.29, 1.82) is 0 Å². The van der Waals surface area contributed by atoms with Crippen LogP contribution < -0.4 is 10.5 Å². The zero-order valence-electron chi connectivity index (χ0n) is 16.0. The molecule has 4 N–H and O–H groups in total. The number of rotatable bonds is 4. The summed E-state index contributed by atoms with van der Waals surface area (Å²) in [5.74, 6) is 0. The van der Waals surface area contributed by atoms with Gasteiger partial charge in [-0.25, -0.2) is 19.1 Å². The lowest BCUT2D eigenvalue weighted by atomic mass is 10.1. The Hall–Kier alpha value is -2.34. The number of nitrogens with zero attached hydrogens (tertiary/aromatic N) is 4. The molecule has 2 heterocycles. The number of fused-ring (bicyclic) bond motifs is 1. The van der Waals surface area contributed by atoms with Gasteiger partial charge in [-0.3, -0.25) is 4.68 Å². The van der Waals surface area contributed by atoms with Crippen LogP contribution in [0, 0.1) is 0 Å². The number of carbonyl (C=O) groups excluding carboxylic acids is 1. The van der Waals surface area contributed by atoms with Gasteiger partial charge in [-0.1, -0.05) is 19.1 Å². The summed E-state index contributed by atoms with van der Waals surface area (Å²) >= 11 is 0.960. The molecule has 9 nitrogen and oxygen atoms in total. The number of urea groups is 1. The van der Waals surface area contributed by atoms with Crippen molar-refractivity contribution in [3.05, 3.63) is 35.0 Å². The van der Waals surface area contributed by atoms with Gasteiger partial charge in [0.05, 0.1) is 27.9 Å². The van der Waals surface area contributed by atoms with Gasteiger partial charge < -0.3 is 10.4 Å². The molecule has 1 aromatic carbocycles. The van der Waals surface area contributed by atoms with Gasteiger partial charge in [-0.2, -0.15) is 5.10 Å². The van der Waals surface area contributed by atoms with Crippen LogP contribution in [0.4, 0.5) is 10.5 Å². The van der Waals surface area contributed by atoms with Crippen LogP contribution in [-0.4, -0.2) is 30.1 Å². The molecule has 3 aromatic rings. The summed E-state index contributed by atoms with van der Waals surface area (Å²) in [6, 6.07) is 2.99. The molecular formula is C17H24N6O3S2. The van der Waals surface area contributed by atoms with E-state index in [1.54, 1.807) is 31.8 Å². The van der Waals surface area contributed by atoms with Gasteiger partial charge in [-0.15, -0.1) is 15.7 Å². The molecule has 0 radical (unpaired) electrons. The molecule has 1 unspecified atom stereocenters. The highest BCUT2D eigenvalue weighted by Crippen LogP contribution is 2.29. The Labute approximate surface area is 168 Å². The highest BCUT2D eigenvalue weighted by molar-refractivity contribution is 7.93. The highest BCUT2D eigenvalue weighted by atomic mass is 32.2. The van der Waals surface area contributed by atoms with Gasteiger partial charge in [0.1, 0.15) is 0 Å². The van der Waals surface area contributed by atoms with E-state index in [1.807, 2.05) is 19.1 Å². The number of amides is 2. The summed E-state index contributed by atoms with van der Waals surface area (Å²) in [5.41, 5.74) is 1.03. The summed E-state index contributed by atoms with van der Waals surface area (Å²) in [6.45, 7) is 5.12. The molecular weight excluding hydrogens is 400 g/mol. The van der Waals surface area contributed by atoms with Crippen molar-refractivity contribution in [2.24, 2.45) is 16.5 Å². The van der Waals surface area contributed by atoms with Gasteiger partial charge in [0.2, 0.25) is 4.34 Å². The van der Waals surface area contributed by atoms with Crippen LogP contribution in [0.1, 0.15) is 32.6 Å². The predicted octanol–water partition coefficient (Wildman–Crippen LogP) is 3.00. The Bertz CT molecular complexity index is 1170. The van der Waals surface area contributed by atoms with E-state index in [-0.39, 0.29) is 5.77 Å². The third-order valence-corrected chi connectivity index (χ3v) is 7.27. The molecule has 0 saturated heterocycles. The first-order valence-corrected chi connectivity index (χ1v) is 10.9. The monoisotopic (exact) mass is 424 g/mol. The Morgan fingerprint density at radius 3 is 2.79 bits per heavy atom. The SMILES string of the molecule is CCc1ccc2cnn(C)c2c1NC(=O)N=S(N)(=O)c1ncc(C(C)(C)O)s1.[HH]. The molecule has 0 bridgehead atoms. The second-order valence-electron chi connectivity index (χ2n) is 6.80. The third-order valence-electron chi connectivity index (χ3n) is 4.16. The minimum absolute atomic E-state index is 0. The van der Waals surface area contributed by atoms with Crippen molar-refractivity contribution in [3.63, 3.8) is 0 Å². The first-order valence-electron chi connectivity index (χ1n) is 8.51. The number of carbonyl (C=O) groups is 1. The van der Waals surface area contributed by atoms with Gasteiger partial charge in [0, 0.05) is 20.1 Å². The molecule has 2 aromatic heterocycles. The van der Waals surface area contributed by atoms with Crippen molar-refractivity contribution in [3.8, 4) is 0 Å². The summed E-state index contributed by atoms with van der Waals surface area (Å²) in [5, 5.41) is 23.6. The van der Waals surface area contributed by atoms with E-state index in [4.69, 9.17) is 5.14 Å². The van der Waals surface area contributed by atoms with Crippen LogP contribution in [0.3, 0.4) is 0 Å². The van der Waals surface area contributed by atoms with Gasteiger partial charge in [0.15, 0.2) is 9.92 Å². The number of hydrogen-bond donors (Lipinski definition) is 3. The van der Waals surface area contributed by atoms with Crippen LogP contribution in [0.2, 0.25) is 0 Å². The number of aromatic nitrogens is 3. The fourth-order valence-electron chi connectivity index (χ4n) is 2.71. The molecule has 11 heteroatoms. The van der Waals surface area contributed by atoms with Crippen molar-refractivity contribution >= 4 is 43.9 Å². The Kier molecular flexibility index (Phi) is 5.28. The maximum absolute atomic E-state index is 12.8. The maximum atomic E-state index is 12.8. The normalized spacial score (nSPS) is 14.1. The molecule has 1 atom stereocenters. The van der Waals surface area contributed by atoms with Crippen molar-refractivity contribution in [2.45, 2.75) is 37.1 Å². The lowest BCUT2D eigenvalue weighted by Crippen LogP contribution is -2.18. The van der Waals surface area contributed by atoms with Crippen molar-refractivity contribution in [2.75, 3.05) is 5.32 Å². The van der Waals surface area contributed by atoms with Gasteiger partial charge >= 0.3 is 6.03 Å². The number of thiazole rings is 1. The Balaban J connectivity index is 0.00000300. The lowest BCUT2D eigenvalue weighted by Gasteiger charge is -2.13. The predicted molar refractivity (Wildman–Crippen MR) is 112 cm³/mol. The number of benzene rings is 1. The second kappa shape index (κ2) is 7.24. The minimum atomic E-state index is -3.55. The molecule has 152 valence electrons. The molecule has 0 aliphatic heterocycles. The molecule has 3 rings (SSSR count). The van der Waals surface area contributed by atoms with E-state index < -0.39 is 21.5 Å². The average molecular weight is 425 g/mol. The first-order chi connectivity index (χ1) is 13.0. The van der Waals surface area contributed by atoms with E-state index in [2.05, 4.69) is 19.8 Å². The molecule has 28 heavy (non-hydrogen) atoms. The van der Waals surface area contributed by atoms with Crippen LogP contribution in [-0.2, 0) is 29.0 Å². The largest absolute Gasteiger partial charge is 0.385 e. The Morgan fingerprint density at radius 2 is 2.18 bits per heavy atom. The molecule has 0 fully saturated rings. The van der Waals surface area contributed by atoms with E-state index >= 15 is 0 Å². The molecule has 0 aliphatic carbocycles. The van der Waals surface area contributed by atoms with Crippen LogP contribution in [0.15, 0.2) is 33.2 Å². The zero-order chi connectivity index (χ0) is 20.7. The lowest BCUT2D eigenvalue weighted by molar-refractivity contribution is 0.0823. The molecule has 0 spiro atoms. The summed E-state index contributed by atoms with van der Waals surface area (Å²) in [7, 11) is -1.78. The highest BCUT2D eigenvalue weighted by Gasteiger charge is 2.23. The van der Waals surface area contributed by atoms with E-state index in [1.165, 1.54) is 6.20 Å². The fourth-order valence-corrected chi connectivity index (χ4v) is 4.79. The van der Waals surface area contributed by atoms with Crippen molar-refractivity contribution < 1.29 is 15.5 Å². The standard InChI is InChI=1S/C17H22N6O3S2.H2/c1-5-10-6-7-11-8-20-23(4)14(11)13(10)21-15(24)22-28(18,26)16-19-9-12(27-16)17(2,3)25;/h6-9,25H,5H2,1-4H3,(H3,18,21,22,24,26);1H. The molecule has 2 amide bonds. The topological polar surface area (TPSA) is 135 Å². The number of aliphatic hydroxyl groups is 1. The quantitative estimate of drug-likeness (QED) is 0.591. The van der Waals surface area contributed by atoms with Crippen molar-refractivity contribution in [1.82, 2.24) is 14.8 Å². The minimum Gasteiger partial charge on any atom is -0.385 e. The van der Waals surface area contributed by atoms with E-state index in [9.17, 15) is 14.1 Å². The zero-order valence-corrected chi connectivity index (χ0v) is 17.6. The summed E-state index contributed by atoms with van der Waals surface area (Å²) < 4.78 is 18.1. The number of hydrogen-bond acceptors (Lipinski definition) is 6. The Morgan fingerprint density at radius 1 is 1.46 bits per heavy atom. The maximum Gasteiger partial charge on any atom is 0.355 e. The van der Waals surface area contributed by atoms with Gasteiger partial charge in [-0.05, 0) is 25.8 Å². The van der Waals surface area contributed by atoms with Crippen LogP contribution in [0.25, 0.3) is 10.9 Å². The third kappa shape index (κ3) is 3.92.